The number of carbonyl (C=O) groups excluding carboxylic acids is 1. The lowest BCUT2D eigenvalue weighted by Crippen LogP contribution is -2.54. The number of guanidine groups is 1. The Morgan fingerprint density at radius 3 is 2.37 bits per heavy atom. The first-order chi connectivity index (χ1) is 12.7. The van der Waals surface area contributed by atoms with E-state index in [1.54, 1.807) is 19.0 Å². The molecule has 158 valence electrons. The Kier molecular flexibility index (Phi) is 10.0. The summed E-state index contributed by atoms with van der Waals surface area (Å²) >= 11 is 0. The zero-order chi connectivity index (χ0) is 20.4. The number of sulfonamides is 1. The number of hydrogen-bond acceptors (Lipinski definition) is 5. The Labute approximate surface area is 163 Å². The molecule has 0 saturated carbocycles. The minimum absolute atomic E-state index is 0.00594. The van der Waals surface area contributed by atoms with E-state index in [1.807, 2.05) is 25.7 Å². The van der Waals surface area contributed by atoms with Crippen LogP contribution in [0.4, 0.5) is 0 Å². The zero-order valence-corrected chi connectivity index (χ0v) is 18.1. The number of carbonyl (C=O) groups is 1. The number of hydrogen-bond donors (Lipinski definition) is 1. The number of ether oxygens (including phenoxy) is 1. The molecular formula is C17H35N5O4S. The van der Waals surface area contributed by atoms with Crippen LogP contribution in [0.5, 0.6) is 0 Å². The smallest absolute Gasteiger partial charge is 0.223 e. The van der Waals surface area contributed by atoms with Crippen LogP contribution in [0.15, 0.2) is 4.99 Å². The Bertz CT molecular complexity index is 584. The topological polar surface area (TPSA) is 94.5 Å². The van der Waals surface area contributed by atoms with Gasteiger partial charge in [0.1, 0.15) is 0 Å². The van der Waals surface area contributed by atoms with E-state index in [0.717, 1.165) is 5.96 Å². The number of nitrogens with one attached hydrogen (secondary N) is 1. The number of nitrogens with zero attached hydrogens (tertiary/aromatic N) is 4. The van der Waals surface area contributed by atoms with Gasteiger partial charge in [-0.05, 0) is 20.8 Å². The molecule has 0 spiro atoms. The molecule has 10 heteroatoms. The van der Waals surface area contributed by atoms with E-state index in [2.05, 4.69) is 10.3 Å². The molecule has 0 aromatic rings. The van der Waals surface area contributed by atoms with Crippen molar-refractivity contribution in [3.05, 3.63) is 0 Å². The van der Waals surface area contributed by atoms with Crippen LogP contribution >= 0.6 is 0 Å². The molecule has 0 radical (unpaired) electrons. The summed E-state index contributed by atoms with van der Waals surface area (Å²) in [5.74, 6) is 0.768. The molecule has 0 aromatic heterocycles. The predicted octanol–water partition coefficient (Wildman–Crippen LogP) is -0.197. The van der Waals surface area contributed by atoms with Crippen molar-refractivity contribution in [2.75, 3.05) is 65.7 Å². The van der Waals surface area contributed by atoms with Gasteiger partial charge in [-0.1, -0.05) is 0 Å². The zero-order valence-electron chi connectivity index (χ0n) is 17.3. The highest BCUT2D eigenvalue weighted by Crippen LogP contribution is 2.09. The number of aliphatic imine (C=N–C) groups is 1. The summed E-state index contributed by atoms with van der Waals surface area (Å²) in [5, 5.41) is 3.22. The molecule has 1 saturated heterocycles. The van der Waals surface area contributed by atoms with Crippen molar-refractivity contribution in [2.24, 2.45) is 4.99 Å². The van der Waals surface area contributed by atoms with Gasteiger partial charge in [-0.2, -0.15) is 4.31 Å². The molecule has 1 aliphatic heterocycles. The third kappa shape index (κ3) is 8.44. The van der Waals surface area contributed by atoms with Crippen LogP contribution in [0.2, 0.25) is 0 Å². The standard InChI is InChI=1S/C17H35N5O4S/c1-6-18-17(19-8-7-16(23)20(4)5)21-9-11-22(12-10-21)27(24,25)14-13-26-15(2)3/h15H,6-14H2,1-5H3,(H,18,19). The third-order valence-corrected chi connectivity index (χ3v) is 5.98. The Morgan fingerprint density at radius 2 is 1.85 bits per heavy atom. The van der Waals surface area contributed by atoms with E-state index < -0.39 is 10.0 Å². The normalized spacial score (nSPS) is 16.7. The molecule has 1 fully saturated rings. The first-order valence-electron chi connectivity index (χ1n) is 9.50. The highest BCUT2D eigenvalue weighted by molar-refractivity contribution is 7.89. The molecule has 0 unspecified atom stereocenters. The van der Waals surface area contributed by atoms with Crippen molar-refractivity contribution in [1.29, 1.82) is 0 Å². The average Bonchev–Trinajstić information content (AvgIpc) is 2.60. The predicted molar refractivity (Wildman–Crippen MR) is 107 cm³/mol. The first-order valence-corrected chi connectivity index (χ1v) is 11.1. The van der Waals surface area contributed by atoms with E-state index in [1.165, 1.54) is 4.31 Å². The SMILES string of the molecule is CCNC(=NCCC(=O)N(C)C)N1CCN(S(=O)(=O)CCOC(C)C)CC1. The highest BCUT2D eigenvalue weighted by atomic mass is 32.2. The molecule has 1 amide bonds. The molecule has 0 aliphatic carbocycles. The summed E-state index contributed by atoms with van der Waals surface area (Å²) in [7, 11) is 0.144. The summed E-state index contributed by atoms with van der Waals surface area (Å²) in [4.78, 5) is 19.8. The summed E-state index contributed by atoms with van der Waals surface area (Å²) in [6.07, 6.45) is 0.377. The molecule has 0 aromatic carbocycles. The Hall–Kier alpha value is -1.39. The Balaban J connectivity index is 2.57. The van der Waals surface area contributed by atoms with Gasteiger partial charge in [0.2, 0.25) is 15.9 Å². The van der Waals surface area contributed by atoms with E-state index in [0.29, 0.717) is 45.7 Å². The summed E-state index contributed by atoms with van der Waals surface area (Å²) in [6, 6.07) is 0. The maximum atomic E-state index is 12.4. The second-order valence-electron chi connectivity index (χ2n) is 6.90. The van der Waals surface area contributed by atoms with Gasteiger partial charge in [0.05, 0.1) is 25.0 Å². The van der Waals surface area contributed by atoms with Crippen LogP contribution in [0.3, 0.4) is 0 Å². The molecular weight excluding hydrogens is 370 g/mol. The second-order valence-corrected chi connectivity index (χ2v) is 8.98. The lowest BCUT2D eigenvalue weighted by Gasteiger charge is -2.36. The van der Waals surface area contributed by atoms with Crippen molar-refractivity contribution in [3.63, 3.8) is 0 Å². The third-order valence-electron chi connectivity index (χ3n) is 4.14. The molecule has 1 heterocycles. The van der Waals surface area contributed by atoms with Crippen molar-refractivity contribution in [3.8, 4) is 0 Å². The van der Waals surface area contributed by atoms with Gasteiger partial charge in [0.15, 0.2) is 5.96 Å². The number of rotatable bonds is 9. The molecule has 27 heavy (non-hydrogen) atoms. The van der Waals surface area contributed by atoms with Crippen molar-refractivity contribution < 1.29 is 17.9 Å². The van der Waals surface area contributed by atoms with Gasteiger partial charge < -0.3 is 19.9 Å². The molecule has 9 nitrogen and oxygen atoms in total. The minimum Gasteiger partial charge on any atom is -0.378 e. The molecule has 1 N–H and O–H groups in total. The van der Waals surface area contributed by atoms with E-state index in [9.17, 15) is 13.2 Å². The lowest BCUT2D eigenvalue weighted by molar-refractivity contribution is -0.128. The minimum atomic E-state index is -3.31. The van der Waals surface area contributed by atoms with Crippen molar-refractivity contribution in [1.82, 2.24) is 19.4 Å². The quantitative estimate of drug-likeness (QED) is 0.422. The summed E-state index contributed by atoms with van der Waals surface area (Å²) in [5.41, 5.74) is 0. The van der Waals surface area contributed by atoms with Crippen LogP contribution in [-0.4, -0.2) is 106 Å². The van der Waals surface area contributed by atoms with E-state index in [-0.39, 0.29) is 24.4 Å². The maximum absolute atomic E-state index is 12.4. The van der Waals surface area contributed by atoms with Gasteiger partial charge in [0, 0.05) is 53.2 Å². The fraction of sp³-hybridized carbons (Fsp3) is 0.882. The van der Waals surface area contributed by atoms with Gasteiger partial charge in [0.25, 0.3) is 0 Å². The summed E-state index contributed by atoms with van der Waals surface area (Å²) in [6.45, 7) is 9.07. The number of piperazine rings is 1. The van der Waals surface area contributed by atoms with Crippen LogP contribution in [0.25, 0.3) is 0 Å². The van der Waals surface area contributed by atoms with E-state index in [4.69, 9.17) is 4.74 Å². The van der Waals surface area contributed by atoms with Gasteiger partial charge in [-0.15, -0.1) is 0 Å². The fourth-order valence-corrected chi connectivity index (χ4v) is 3.89. The van der Waals surface area contributed by atoms with Crippen LogP contribution in [0, 0.1) is 0 Å². The maximum Gasteiger partial charge on any atom is 0.223 e. The largest absolute Gasteiger partial charge is 0.378 e. The van der Waals surface area contributed by atoms with Gasteiger partial charge >= 0.3 is 0 Å². The highest BCUT2D eigenvalue weighted by Gasteiger charge is 2.28. The Morgan fingerprint density at radius 1 is 1.22 bits per heavy atom. The molecule has 0 atom stereocenters. The summed E-state index contributed by atoms with van der Waals surface area (Å²) < 4.78 is 31.7. The lowest BCUT2D eigenvalue weighted by atomic mass is 10.3. The second kappa shape index (κ2) is 11.5. The first kappa shape index (κ1) is 23.6. The van der Waals surface area contributed by atoms with E-state index >= 15 is 0 Å². The number of amides is 1. The van der Waals surface area contributed by atoms with Crippen LogP contribution in [-0.2, 0) is 19.6 Å². The van der Waals surface area contributed by atoms with Gasteiger partial charge in [-0.3, -0.25) is 9.79 Å². The average molecular weight is 406 g/mol. The van der Waals surface area contributed by atoms with Crippen molar-refractivity contribution in [2.45, 2.75) is 33.3 Å². The molecule has 1 rings (SSSR count). The molecule has 0 bridgehead atoms. The fourth-order valence-electron chi connectivity index (χ4n) is 2.60. The van der Waals surface area contributed by atoms with Crippen molar-refractivity contribution >= 4 is 21.9 Å². The van der Waals surface area contributed by atoms with Crippen LogP contribution < -0.4 is 5.32 Å². The molecule has 1 aliphatic rings. The monoisotopic (exact) mass is 405 g/mol. The van der Waals surface area contributed by atoms with Gasteiger partial charge in [-0.25, -0.2) is 8.42 Å². The van der Waals surface area contributed by atoms with Crippen LogP contribution in [0.1, 0.15) is 27.2 Å².